The Labute approximate surface area is 86.7 Å². The van der Waals surface area contributed by atoms with Crippen LogP contribution in [-0.4, -0.2) is 5.75 Å². The summed E-state index contributed by atoms with van der Waals surface area (Å²) < 4.78 is 0. The van der Waals surface area contributed by atoms with E-state index in [1.807, 2.05) is 0 Å². The Morgan fingerprint density at radius 3 is 2.08 bits per heavy atom. The summed E-state index contributed by atoms with van der Waals surface area (Å²) in [4.78, 5) is 0. The zero-order chi connectivity index (χ0) is 9.45. The highest BCUT2D eigenvalue weighted by Crippen LogP contribution is 2.22. The van der Waals surface area contributed by atoms with Gasteiger partial charge in [-0.05, 0) is 29.9 Å². The zero-order valence-electron chi connectivity index (χ0n) is 8.56. The number of hydrogen-bond donors (Lipinski definition) is 0. The van der Waals surface area contributed by atoms with Gasteiger partial charge in [0.15, 0.2) is 0 Å². The van der Waals surface area contributed by atoms with E-state index < -0.39 is 0 Å². The largest absolute Gasteiger partial charge is 0.0817 e. The van der Waals surface area contributed by atoms with Gasteiger partial charge in [-0.15, -0.1) is 0 Å². The number of rotatable bonds is 6. The molecule has 0 aliphatic carbocycles. The van der Waals surface area contributed by atoms with Crippen LogP contribution in [-0.2, 0) is 0 Å². The summed E-state index contributed by atoms with van der Waals surface area (Å²) in [5.41, 5.74) is 0.521. The van der Waals surface area contributed by atoms with E-state index in [9.17, 15) is 0 Å². The molecule has 0 amide bonds. The van der Waals surface area contributed by atoms with Crippen molar-refractivity contribution in [3.63, 3.8) is 0 Å². The van der Waals surface area contributed by atoms with Crippen molar-refractivity contribution in [3.8, 4) is 0 Å². The van der Waals surface area contributed by atoms with Gasteiger partial charge in [-0.1, -0.05) is 50.8 Å². The van der Waals surface area contributed by atoms with Crippen molar-refractivity contribution in [1.29, 1.82) is 0 Å². The topological polar surface area (TPSA) is 0 Å². The Morgan fingerprint density at radius 1 is 1.00 bits per heavy atom. The molecule has 0 aliphatic heterocycles. The lowest BCUT2D eigenvalue weighted by atomic mass is 9.89. The van der Waals surface area contributed by atoms with E-state index in [1.54, 1.807) is 10.8 Å². The van der Waals surface area contributed by atoms with Crippen molar-refractivity contribution in [2.45, 2.75) is 52.9 Å². The van der Waals surface area contributed by atoms with Crippen LogP contribution < -0.4 is 0 Å². The summed E-state index contributed by atoms with van der Waals surface area (Å²) >= 11 is 4.81. The Bertz CT molecular complexity index is 94.5. The molecule has 0 nitrogen and oxygen atoms in total. The van der Waals surface area contributed by atoms with Gasteiger partial charge in [-0.2, -0.15) is 0 Å². The van der Waals surface area contributed by atoms with Crippen molar-refractivity contribution in [2.24, 2.45) is 5.41 Å². The molecule has 0 saturated carbocycles. The predicted octanol–water partition coefficient (Wildman–Crippen LogP) is 4.83. The molecule has 0 aliphatic rings. The summed E-state index contributed by atoms with van der Waals surface area (Å²) in [6.45, 7) is 6.93. The molecular formula is C10H21S2. The smallest absolute Gasteiger partial charge is 0.00454 e. The van der Waals surface area contributed by atoms with Crippen LogP contribution in [0.5, 0.6) is 0 Å². The maximum Gasteiger partial charge on any atom is 0.00454 e. The van der Waals surface area contributed by atoms with Crippen LogP contribution in [0.4, 0.5) is 0 Å². The normalized spacial score (nSPS) is 12.0. The summed E-state index contributed by atoms with van der Waals surface area (Å²) in [5.74, 6) is 1.16. The van der Waals surface area contributed by atoms with Gasteiger partial charge < -0.3 is 0 Å². The van der Waals surface area contributed by atoms with Gasteiger partial charge in [-0.25, -0.2) is 0 Å². The molecule has 0 fully saturated rings. The third kappa shape index (κ3) is 10.7. The summed E-state index contributed by atoms with van der Waals surface area (Å²) in [7, 11) is 1.55. The predicted molar refractivity (Wildman–Crippen MR) is 62.6 cm³/mol. The van der Waals surface area contributed by atoms with E-state index in [0.29, 0.717) is 5.41 Å². The van der Waals surface area contributed by atoms with Gasteiger partial charge in [0.2, 0.25) is 0 Å². The molecule has 0 unspecified atom stereocenters. The Hall–Kier alpha value is 0.700. The van der Waals surface area contributed by atoms with Crippen molar-refractivity contribution < 1.29 is 0 Å². The highest BCUT2D eigenvalue weighted by molar-refractivity contribution is 8.68. The fourth-order valence-electron chi connectivity index (χ4n) is 1.17. The molecule has 0 N–H and O–H groups in total. The first-order chi connectivity index (χ1) is 5.56. The second-order valence-electron chi connectivity index (χ2n) is 4.55. The van der Waals surface area contributed by atoms with E-state index in [0.717, 1.165) is 5.75 Å². The monoisotopic (exact) mass is 205 g/mol. The first-order valence-electron chi connectivity index (χ1n) is 4.81. The first kappa shape index (κ1) is 12.7. The van der Waals surface area contributed by atoms with Crippen LogP contribution >= 0.6 is 22.5 Å². The molecule has 0 spiro atoms. The fraction of sp³-hybridized carbons (Fsp3) is 1.00. The van der Waals surface area contributed by atoms with Crippen molar-refractivity contribution in [2.75, 3.05) is 5.75 Å². The Kier molecular flexibility index (Phi) is 7.55. The molecule has 0 saturated heterocycles. The van der Waals surface area contributed by atoms with Gasteiger partial charge in [0.1, 0.15) is 0 Å². The quantitative estimate of drug-likeness (QED) is 0.442. The third-order valence-corrected chi connectivity index (χ3v) is 2.86. The van der Waals surface area contributed by atoms with Crippen LogP contribution in [0.1, 0.15) is 52.9 Å². The van der Waals surface area contributed by atoms with Gasteiger partial charge >= 0.3 is 0 Å². The fourth-order valence-corrected chi connectivity index (χ4v) is 1.85. The standard InChI is InChI=1S/C10H21S2/c1-10(2,3)8-6-4-5-7-9-12-11/h4-9H2,1-3H3. The number of hydrogen-bond acceptors (Lipinski definition) is 1. The minimum absolute atomic E-state index is 0.521. The molecule has 1 radical (unpaired) electrons. The molecule has 0 rings (SSSR count). The summed E-state index contributed by atoms with van der Waals surface area (Å²) in [6, 6.07) is 0. The van der Waals surface area contributed by atoms with Gasteiger partial charge in [0.05, 0.1) is 0 Å². The van der Waals surface area contributed by atoms with E-state index in [2.05, 4.69) is 20.8 Å². The highest BCUT2D eigenvalue weighted by Gasteiger charge is 2.08. The van der Waals surface area contributed by atoms with E-state index >= 15 is 0 Å². The minimum Gasteiger partial charge on any atom is -0.0817 e. The molecule has 2 heteroatoms. The van der Waals surface area contributed by atoms with Crippen LogP contribution in [0.15, 0.2) is 0 Å². The molecule has 12 heavy (non-hydrogen) atoms. The maximum absolute atomic E-state index is 4.81. The maximum atomic E-state index is 4.81. The SMILES string of the molecule is CC(C)(C)CCCCCCS[S]. The average molecular weight is 205 g/mol. The van der Waals surface area contributed by atoms with E-state index in [-0.39, 0.29) is 0 Å². The van der Waals surface area contributed by atoms with Crippen LogP contribution in [0.3, 0.4) is 0 Å². The second-order valence-corrected chi connectivity index (χ2v) is 5.90. The minimum atomic E-state index is 0.521. The van der Waals surface area contributed by atoms with Gasteiger partial charge in [0.25, 0.3) is 0 Å². The molecule has 0 heterocycles. The van der Waals surface area contributed by atoms with E-state index in [4.69, 9.17) is 11.7 Å². The molecule has 0 bridgehead atoms. The van der Waals surface area contributed by atoms with Crippen LogP contribution in [0.25, 0.3) is 0 Å². The lowest BCUT2D eigenvalue weighted by molar-refractivity contribution is 0.358. The lowest BCUT2D eigenvalue weighted by Gasteiger charge is -2.17. The molecule has 0 aromatic rings. The zero-order valence-corrected chi connectivity index (χ0v) is 10.2. The highest BCUT2D eigenvalue weighted by atomic mass is 33.1. The van der Waals surface area contributed by atoms with E-state index in [1.165, 1.54) is 32.1 Å². The Morgan fingerprint density at radius 2 is 1.58 bits per heavy atom. The second kappa shape index (κ2) is 7.14. The average Bonchev–Trinajstić information content (AvgIpc) is 1.94. The molecular weight excluding hydrogens is 184 g/mol. The summed E-state index contributed by atoms with van der Waals surface area (Å²) in [6.07, 6.45) is 6.78. The summed E-state index contributed by atoms with van der Waals surface area (Å²) in [5, 5.41) is 0. The van der Waals surface area contributed by atoms with Gasteiger partial charge in [-0.3, -0.25) is 0 Å². The lowest BCUT2D eigenvalue weighted by Crippen LogP contribution is -2.03. The molecule has 0 atom stereocenters. The van der Waals surface area contributed by atoms with Gasteiger partial charge in [0, 0.05) is 5.75 Å². The molecule has 0 aromatic heterocycles. The molecule has 0 aromatic carbocycles. The number of unbranched alkanes of at least 4 members (excludes halogenated alkanes) is 3. The first-order valence-corrected chi connectivity index (χ1v) is 6.72. The van der Waals surface area contributed by atoms with Crippen LogP contribution in [0, 0.1) is 5.41 Å². The molecule has 73 valence electrons. The van der Waals surface area contributed by atoms with Crippen LogP contribution in [0.2, 0.25) is 0 Å². The third-order valence-electron chi connectivity index (χ3n) is 1.90. The Balaban J connectivity index is 3.01. The van der Waals surface area contributed by atoms with Crippen molar-refractivity contribution in [3.05, 3.63) is 0 Å². The van der Waals surface area contributed by atoms with Crippen molar-refractivity contribution >= 4 is 22.5 Å². The van der Waals surface area contributed by atoms with Crippen molar-refractivity contribution in [1.82, 2.24) is 0 Å².